The average molecular weight is 274 g/mol. The van der Waals surface area contributed by atoms with Crippen LogP contribution >= 0.6 is 0 Å². The zero-order valence-corrected chi connectivity index (χ0v) is 12.1. The van der Waals surface area contributed by atoms with Crippen LogP contribution in [0.25, 0.3) is 0 Å². The minimum Gasteiger partial charge on any atom is -0.444 e. The molecule has 112 valence electrons. The van der Waals surface area contributed by atoms with Gasteiger partial charge in [-0.15, -0.1) is 0 Å². The fourth-order valence-corrected chi connectivity index (χ4v) is 2.34. The largest absolute Gasteiger partial charge is 0.444 e. The normalized spacial score (nSPS) is 23.9. The monoisotopic (exact) mass is 274 g/mol. The zero-order chi connectivity index (χ0) is 14.7. The number of nitrogens with zero attached hydrogens (tertiary/aromatic N) is 1. The third-order valence-corrected chi connectivity index (χ3v) is 3.38. The van der Waals surface area contributed by atoms with E-state index < -0.39 is 29.9 Å². The summed E-state index contributed by atoms with van der Waals surface area (Å²) in [6.45, 7) is 5.35. The van der Waals surface area contributed by atoms with Gasteiger partial charge >= 0.3 is 6.09 Å². The molecule has 6 nitrogen and oxygen atoms in total. The number of aliphatic hydroxyl groups is 2. The second-order valence-electron chi connectivity index (χ2n) is 6.15. The summed E-state index contributed by atoms with van der Waals surface area (Å²) in [4.78, 5) is 13.7. The van der Waals surface area contributed by atoms with Crippen LogP contribution in [0.4, 0.5) is 4.79 Å². The van der Waals surface area contributed by atoms with E-state index >= 15 is 0 Å². The van der Waals surface area contributed by atoms with E-state index in [0.717, 1.165) is 12.8 Å². The number of hydrogen-bond donors (Lipinski definition) is 3. The molecule has 2 atom stereocenters. The highest BCUT2D eigenvalue weighted by molar-refractivity contribution is 5.69. The van der Waals surface area contributed by atoms with Crippen molar-refractivity contribution in [3.63, 3.8) is 0 Å². The van der Waals surface area contributed by atoms with Gasteiger partial charge in [0.15, 0.2) is 0 Å². The Bertz CT molecular complexity index is 310. The second kappa shape index (κ2) is 6.07. The van der Waals surface area contributed by atoms with E-state index in [-0.39, 0.29) is 6.54 Å². The third kappa shape index (κ3) is 4.06. The maximum atomic E-state index is 12.2. The minimum absolute atomic E-state index is 0.0898. The molecule has 6 heteroatoms. The van der Waals surface area contributed by atoms with E-state index in [0.29, 0.717) is 13.0 Å². The van der Waals surface area contributed by atoms with Crippen molar-refractivity contribution in [2.24, 2.45) is 5.73 Å². The van der Waals surface area contributed by atoms with Gasteiger partial charge in [-0.3, -0.25) is 0 Å². The molecule has 0 radical (unpaired) electrons. The van der Waals surface area contributed by atoms with Crippen molar-refractivity contribution >= 4 is 6.09 Å². The molecular formula is C13H26N2O4. The number of ether oxygens (including phenoxy) is 1. The van der Waals surface area contributed by atoms with Gasteiger partial charge in [0.05, 0.1) is 12.6 Å². The number of aliphatic hydroxyl groups excluding tert-OH is 1. The Labute approximate surface area is 114 Å². The summed E-state index contributed by atoms with van der Waals surface area (Å²) < 4.78 is 5.35. The van der Waals surface area contributed by atoms with Crippen LogP contribution < -0.4 is 5.73 Å². The summed E-state index contributed by atoms with van der Waals surface area (Å²) in [5.41, 5.74) is 3.50. The molecule has 0 aromatic carbocycles. The van der Waals surface area contributed by atoms with Gasteiger partial charge in [-0.1, -0.05) is 0 Å². The fraction of sp³-hybridized carbons (Fsp3) is 0.923. The molecule has 1 amide bonds. The quantitative estimate of drug-likeness (QED) is 0.695. The molecule has 0 saturated carbocycles. The molecule has 1 rings (SSSR count). The predicted molar refractivity (Wildman–Crippen MR) is 71.7 cm³/mol. The maximum Gasteiger partial charge on any atom is 0.410 e. The van der Waals surface area contributed by atoms with Gasteiger partial charge in [0.2, 0.25) is 0 Å². The van der Waals surface area contributed by atoms with Crippen LogP contribution in [0, 0.1) is 0 Å². The van der Waals surface area contributed by atoms with Crippen LogP contribution in [-0.4, -0.2) is 58.1 Å². The van der Waals surface area contributed by atoms with E-state index in [9.17, 15) is 15.0 Å². The van der Waals surface area contributed by atoms with Crippen molar-refractivity contribution in [3.05, 3.63) is 0 Å². The maximum absolute atomic E-state index is 12.2. The number of hydrogen-bond acceptors (Lipinski definition) is 5. The highest BCUT2D eigenvalue weighted by atomic mass is 16.6. The molecule has 0 bridgehead atoms. The lowest BCUT2D eigenvalue weighted by atomic mass is 9.87. The van der Waals surface area contributed by atoms with Gasteiger partial charge in [-0.25, -0.2) is 4.79 Å². The van der Waals surface area contributed by atoms with E-state index in [2.05, 4.69) is 0 Å². The molecule has 1 aliphatic heterocycles. The van der Waals surface area contributed by atoms with E-state index in [1.807, 2.05) is 0 Å². The summed E-state index contributed by atoms with van der Waals surface area (Å²) >= 11 is 0. The minimum atomic E-state index is -1.46. The van der Waals surface area contributed by atoms with Crippen molar-refractivity contribution in [1.82, 2.24) is 4.90 Å². The number of carbonyl (C=O) groups excluding carboxylic acids is 1. The van der Waals surface area contributed by atoms with Crippen LogP contribution in [0.2, 0.25) is 0 Å². The van der Waals surface area contributed by atoms with Crippen LogP contribution in [0.15, 0.2) is 0 Å². The topological polar surface area (TPSA) is 96.0 Å². The van der Waals surface area contributed by atoms with Gasteiger partial charge in [0.1, 0.15) is 11.2 Å². The summed E-state index contributed by atoms with van der Waals surface area (Å²) in [6, 6.07) is -0.494. The lowest BCUT2D eigenvalue weighted by Gasteiger charge is -2.44. The van der Waals surface area contributed by atoms with Crippen molar-refractivity contribution in [2.75, 3.05) is 19.7 Å². The molecule has 0 spiro atoms. The van der Waals surface area contributed by atoms with Gasteiger partial charge in [-0.05, 0) is 40.0 Å². The number of likely N-dealkylation sites (tertiary alicyclic amines) is 1. The Hall–Kier alpha value is -0.850. The van der Waals surface area contributed by atoms with Gasteiger partial charge < -0.3 is 25.6 Å². The summed E-state index contributed by atoms with van der Waals surface area (Å²) in [5, 5.41) is 19.7. The Morgan fingerprint density at radius 1 is 1.42 bits per heavy atom. The lowest BCUT2D eigenvalue weighted by molar-refractivity contribution is -0.0882. The van der Waals surface area contributed by atoms with Crippen molar-refractivity contribution in [3.8, 4) is 0 Å². The van der Waals surface area contributed by atoms with Gasteiger partial charge in [0.25, 0.3) is 0 Å². The Kier molecular flexibility index (Phi) is 5.18. The first-order chi connectivity index (χ1) is 8.73. The van der Waals surface area contributed by atoms with Crippen molar-refractivity contribution < 1.29 is 19.7 Å². The van der Waals surface area contributed by atoms with E-state index in [1.165, 1.54) is 4.90 Å². The zero-order valence-electron chi connectivity index (χ0n) is 12.1. The first-order valence-corrected chi connectivity index (χ1v) is 6.76. The van der Waals surface area contributed by atoms with E-state index in [1.54, 1.807) is 20.8 Å². The fourth-order valence-electron chi connectivity index (χ4n) is 2.34. The predicted octanol–water partition coefficient (Wildman–Crippen LogP) is 0.458. The van der Waals surface area contributed by atoms with Crippen LogP contribution in [-0.2, 0) is 4.74 Å². The Morgan fingerprint density at radius 2 is 2.05 bits per heavy atom. The first-order valence-electron chi connectivity index (χ1n) is 6.76. The van der Waals surface area contributed by atoms with Crippen molar-refractivity contribution in [1.29, 1.82) is 0 Å². The molecule has 1 aliphatic rings. The standard InChI is InChI=1S/C13H26N2O4/c1-12(2,3)19-11(17)15-7-5-4-6-10(15)13(18,8-14)9-16/h10,16,18H,4-9,14H2,1-3H3/t10-,13?/m0/s1. The molecule has 1 saturated heterocycles. The molecule has 4 N–H and O–H groups in total. The van der Waals surface area contributed by atoms with Crippen LogP contribution in [0.1, 0.15) is 40.0 Å². The van der Waals surface area contributed by atoms with E-state index in [4.69, 9.17) is 10.5 Å². The number of carbonyl (C=O) groups is 1. The molecule has 19 heavy (non-hydrogen) atoms. The molecule has 1 unspecified atom stereocenters. The number of piperidine rings is 1. The first kappa shape index (κ1) is 16.2. The van der Waals surface area contributed by atoms with Crippen molar-refractivity contribution in [2.45, 2.75) is 57.3 Å². The molecule has 1 heterocycles. The molecule has 0 aromatic heterocycles. The summed E-state index contributed by atoms with van der Waals surface area (Å²) in [5.74, 6) is 0. The summed E-state index contributed by atoms with van der Waals surface area (Å²) in [6.07, 6.45) is 1.92. The molecule has 1 fully saturated rings. The van der Waals surface area contributed by atoms with Gasteiger partial charge in [-0.2, -0.15) is 0 Å². The molecular weight excluding hydrogens is 248 g/mol. The van der Waals surface area contributed by atoms with Gasteiger partial charge in [0, 0.05) is 13.1 Å². The van der Waals surface area contributed by atoms with Crippen LogP contribution in [0.3, 0.4) is 0 Å². The molecule has 0 aliphatic carbocycles. The van der Waals surface area contributed by atoms with Crippen LogP contribution in [0.5, 0.6) is 0 Å². The lowest BCUT2D eigenvalue weighted by Crippen LogP contribution is -2.62. The summed E-state index contributed by atoms with van der Waals surface area (Å²) in [7, 11) is 0. The average Bonchev–Trinajstić information content (AvgIpc) is 2.36. The number of rotatable bonds is 3. The smallest absolute Gasteiger partial charge is 0.410 e. The number of amides is 1. The second-order valence-corrected chi connectivity index (χ2v) is 6.15. The Morgan fingerprint density at radius 3 is 2.53 bits per heavy atom. The SMILES string of the molecule is CC(C)(C)OC(=O)N1CCCC[C@H]1C(O)(CN)CO. The highest BCUT2D eigenvalue weighted by Gasteiger charge is 2.43. The third-order valence-electron chi connectivity index (χ3n) is 3.38. The number of nitrogens with two attached hydrogens (primary N) is 1. The molecule has 0 aromatic rings. The Balaban J connectivity index is 2.86. The highest BCUT2D eigenvalue weighted by Crippen LogP contribution is 2.27.